The fourth-order valence-corrected chi connectivity index (χ4v) is 3.29. The molecule has 1 amide bonds. The van der Waals surface area contributed by atoms with Crippen LogP contribution in [0.1, 0.15) is 12.5 Å². The Bertz CT molecular complexity index is 1200. The van der Waals surface area contributed by atoms with E-state index < -0.39 is 4.92 Å². The number of amides is 1. The molecule has 0 aliphatic rings. The maximum Gasteiger partial charge on any atom is 0.271 e. The molecule has 2 N–H and O–H groups in total. The lowest BCUT2D eigenvalue weighted by atomic mass is 10.1. The molecule has 0 heterocycles. The quantitative estimate of drug-likeness (QED) is 0.157. The number of rotatable bonds is 9. The van der Waals surface area contributed by atoms with Crippen molar-refractivity contribution in [2.75, 3.05) is 10.6 Å². The van der Waals surface area contributed by atoms with Crippen molar-refractivity contribution < 1.29 is 9.72 Å². The molecule has 0 saturated heterocycles. The van der Waals surface area contributed by atoms with Gasteiger partial charge in [0.15, 0.2) is 0 Å². The molecule has 3 aromatic carbocycles. The van der Waals surface area contributed by atoms with Gasteiger partial charge < -0.3 is 10.6 Å². The van der Waals surface area contributed by atoms with E-state index in [0.717, 1.165) is 12.1 Å². The second kappa shape index (κ2) is 11.0. The summed E-state index contributed by atoms with van der Waals surface area (Å²) in [5.41, 5.74) is 2.93. The number of nitro groups is 1. The number of non-ortho nitro benzene ring substituents is 1. The van der Waals surface area contributed by atoms with Crippen molar-refractivity contribution in [1.82, 2.24) is 0 Å². The van der Waals surface area contributed by atoms with Gasteiger partial charge in [-0.3, -0.25) is 14.9 Å². The number of nitro benzene ring substituents is 1. The molecule has 0 saturated carbocycles. The van der Waals surface area contributed by atoms with Crippen LogP contribution in [0.15, 0.2) is 89.6 Å². The number of benzene rings is 3. The van der Waals surface area contributed by atoms with E-state index in [0.29, 0.717) is 11.4 Å². The van der Waals surface area contributed by atoms with Gasteiger partial charge in [0.25, 0.3) is 5.69 Å². The zero-order chi connectivity index (χ0) is 23.8. The number of hydrogen-bond donors (Lipinski definition) is 2. The Labute approximate surface area is 196 Å². The Kier molecular flexibility index (Phi) is 7.88. The molecule has 9 heteroatoms. The van der Waals surface area contributed by atoms with Crippen LogP contribution < -0.4 is 10.6 Å². The Balaban J connectivity index is 1.83. The molecule has 0 aliphatic carbocycles. The first-order chi connectivity index (χ1) is 15.9. The molecular weight excluding hydrogens is 442 g/mol. The summed E-state index contributed by atoms with van der Waals surface area (Å²) in [6, 6.07) is 19.2. The van der Waals surface area contributed by atoms with E-state index in [-0.39, 0.29) is 28.3 Å². The summed E-state index contributed by atoms with van der Waals surface area (Å²) in [5, 5.41) is 25.4. The van der Waals surface area contributed by atoms with Crippen LogP contribution >= 0.6 is 11.6 Å². The van der Waals surface area contributed by atoms with Gasteiger partial charge >= 0.3 is 0 Å². The standard InChI is InChI=1S/C24H22ClN5O3/c1-3-18(13-17-7-5-4-6-8-17)27-19-9-11-23(24(14-19)26-16(2)31)29-28-22-12-10-20(30(32)33)15-21(22)25/h3-12,14-15,18,27H,1,13H2,2H3,(H,26,31). The molecule has 3 aromatic rings. The normalized spacial score (nSPS) is 11.7. The number of halogens is 1. The summed E-state index contributed by atoms with van der Waals surface area (Å²) in [7, 11) is 0. The van der Waals surface area contributed by atoms with Gasteiger partial charge in [-0.25, -0.2) is 0 Å². The number of carbonyl (C=O) groups excluding carboxylic acids is 1. The Morgan fingerprint density at radius 3 is 2.45 bits per heavy atom. The fourth-order valence-electron chi connectivity index (χ4n) is 3.08. The predicted octanol–water partition coefficient (Wildman–Crippen LogP) is 6.83. The summed E-state index contributed by atoms with van der Waals surface area (Å²) in [6.45, 7) is 5.31. The van der Waals surface area contributed by atoms with E-state index in [4.69, 9.17) is 11.6 Å². The largest absolute Gasteiger partial charge is 0.378 e. The topological polar surface area (TPSA) is 109 Å². The first-order valence-electron chi connectivity index (χ1n) is 10.1. The maximum absolute atomic E-state index is 11.7. The van der Waals surface area contributed by atoms with Crippen molar-refractivity contribution >= 4 is 45.9 Å². The number of hydrogen-bond acceptors (Lipinski definition) is 6. The Morgan fingerprint density at radius 1 is 1.12 bits per heavy atom. The minimum Gasteiger partial charge on any atom is -0.378 e. The Morgan fingerprint density at radius 2 is 1.82 bits per heavy atom. The maximum atomic E-state index is 11.7. The van der Waals surface area contributed by atoms with Gasteiger partial charge in [0.1, 0.15) is 11.4 Å². The number of anilines is 2. The van der Waals surface area contributed by atoms with Gasteiger partial charge in [-0.05, 0) is 36.2 Å². The van der Waals surface area contributed by atoms with Crippen molar-refractivity contribution in [3.05, 3.63) is 100 Å². The number of azo groups is 1. The minimum absolute atomic E-state index is 0.0241. The molecule has 33 heavy (non-hydrogen) atoms. The highest BCUT2D eigenvalue weighted by Gasteiger charge is 2.11. The third-order valence-electron chi connectivity index (χ3n) is 4.65. The molecule has 3 rings (SSSR count). The number of nitrogens with one attached hydrogen (secondary N) is 2. The smallest absolute Gasteiger partial charge is 0.271 e. The summed E-state index contributed by atoms with van der Waals surface area (Å²) in [4.78, 5) is 22.0. The predicted molar refractivity (Wildman–Crippen MR) is 131 cm³/mol. The van der Waals surface area contributed by atoms with Crippen LogP contribution in [0.3, 0.4) is 0 Å². The highest BCUT2D eigenvalue weighted by Crippen LogP contribution is 2.34. The number of carbonyl (C=O) groups is 1. The molecule has 168 valence electrons. The molecule has 0 aromatic heterocycles. The molecule has 0 bridgehead atoms. The monoisotopic (exact) mass is 463 g/mol. The minimum atomic E-state index is -0.540. The van der Waals surface area contributed by atoms with E-state index in [1.54, 1.807) is 12.1 Å². The molecular formula is C24H22ClN5O3. The van der Waals surface area contributed by atoms with E-state index in [1.165, 1.54) is 30.7 Å². The van der Waals surface area contributed by atoms with E-state index in [1.807, 2.05) is 42.5 Å². The molecule has 1 unspecified atom stereocenters. The van der Waals surface area contributed by atoms with Gasteiger partial charge in [-0.2, -0.15) is 0 Å². The highest BCUT2D eigenvalue weighted by atomic mass is 35.5. The zero-order valence-corrected chi connectivity index (χ0v) is 18.6. The fraction of sp³-hybridized carbons (Fsp3) is 0.125. The third-order valence-corrected chi connectivity index (χ3v) is 4.95. The van der Waals surface area contributed by atoms with Crippen LogP contribution in [0.2, 0.25) is 5.02 Å². The summed E-state index contributed by atoms with van der Waals surface area (Å²) < 4.78 is 0. The van der Waals surface area contributed by atoms with E-state index in [9.17, 15) is 14.9 Å². The molecule has 8 nitrogen and oxygen atoms in total. The number of nitrogens with zero attached hydrogens (tertiary/aromatic N) is 3. The molecule has 0 aliphatic heterocycles. The van der Waals surface area contributed by atoms with Crippen LogP contribution in [0.5, 0.6) is 0 Å². The first kappa shape index (κ1) is 23.6. The third kappa shape index (κ3) is 6.72. The van der Waals surface area contributed by atoms with Crippen LogP contribution in [-0.2, 0) is 11.2 Å². The second-order valence-corrected chi connectivity index (χ2v) is 7.59. The zero-order valence-electron chi connectivity index (χ0n) is 17.9. The lowest BCUT2D eigenvalue weighted by molar-refractivity contribution is -0.384. The van der Waals surface area contributed by atoms with Gasteiger partial charge in [0, 0.05) is 30.8 Å². The molecule has 0 spiro atoms. The van der Waals surface area contributed by atoms with Crippen LogP contribution in [0, 0.1) is 10.1 Å². The first-order valence-corrected chi connectivity index (χ1v) is 10.4. The van der Waals surface area contributed by atoms with Crippen LogP contribution in [-0.4, -0.2) is 16.9 Å². The summed E-state index contributed by atoms with van der Waals surface area (Å²) in [6.07, 6.45) is 2.58. The van der Waals surface area contributed by atoms with Crippen molar-refractivity contribution in [1.29, 1.82) is 0 Å². The van der Waals surface area contributed by atoms with E-state index >= 15 is 0 Å². The van der Waals surface area contributed by atoms with Gasteiger partial charge in [-0.1, -0.05) is 48.0 Å². The van der Waals surface area contributed by atoms with Gasteiger partial charge in [-0.15, -0.1) is 16.8 Å². The molecule has 0 radical (unpaired) electrons. The second-order valence-electron chi connectivity index (χ2n) is 7.18. The van der Waals surface area contributed by atoms with E-state index in [2.05, 4.69) is 27.4 Å². The lowest BCUT2D eigenvalue weighted by Gasteiger charge is -2.17. The van der Waals surface area contributed by atoms with Crippen molar-refractivity contribution in [3.63, 3.8) is 0 Å². The lowest BCUT2D eigenvalue weighted by Crippen LogP contribution is -2.19. The van der Waals surface area contributed by atoms with Crippen LogP contribution in [0.4, 0.5) is 28.4 Å². The average Bonchev–Trinajstić information content (AvgIpc) is 2.79. The van der Waals surface area contributed by atoms with Crippen molar-refractivity contribution in [3.8, 4) is 0 Å². The van der Waals surface area contributed by atoms with Crippen molar-refractivity contribution in [2.24, 2.45) is 10.2 Å². The Hall–Kier alpha value is -4.04. The van der Waals surface area contributed by atoms with Gasteiger partial charge in [0.2, 0.25) is 5.91 Å². The summed E-state index contributed by atoms with van der Waals surface area (Å²) >= 11 is 6.08. The highest BCUT2D eigenvalue weighted by molar-refractivity contribution is 6.33. The van der Waals surface area contributed by atoms with Crippen LogP contribution in [0.25, 0.3) is 0 Å². The van der Waals surface area contributed by atoms with Gasteiger partial charge in [0.05, 0.1) is 15.6 Å². The van der Waals surface area contributed by atoms with Crippen molar-refractivity contribution in [2.45, 2.75) is 19.4 Å². The average molecular weight is 464 g/mol. The SMILES string of the molecule is C=CC(Cc1ccccc1)Nc1ccc(N=Nc2ccc([N+](=O)[O-])cc2Cl)c(NC(C)=O)c1. The molecule has 1 atom stereocenters. The molecule has 0 fully saturated rings. The summed E-state index contributed by atoms with van der Waals surface area (Å²) in [5.74, 6) is -0.262.